The molecule has 0 bridgehead atoms. The molecule has 2 rings (SSSR count). The van der Waals surface area contributed by atoms with E-state index in [9.17, 15) is 26.4 Å². The number of alkyl halides is 3. The number of piperidine rings is 1. The van der Waals surface area contributed by atoms with E-state index in [0.29, 0.717) is 19.5 Å². The van der Waals surface area contributed by atoms with Crippen molar-refractivity contribution in [2.45, 2.75) is 30.5 Å². The fourth-order valence-electron chi connectivity index (χ4n) is 2.90. The summed E-state index contributed by atoms with van der Waals surface area (Å²) in [6.45, 7) is 2.19. The summed E-state index contributed by atoms with van der Waals surface area (Å²) in [5.41, 5.74) is 5.32. The van der Waals surface area contributed by atoms with Crippen LogP contribution < -0.4 is 15.2 Å². The first-order chi connectivity index (χ1) is 12.6. The summed E-state index contributed by atoms with van der Waals surface area (Å²) in [5.74, 6) is -0.984. The summed E-state index contributed by atoms with van der Waals surface area (Å²) in [6, 6.07) is 3.98. The van der Waals surface area contributed by atoms with Crippen molar-refractivity contribution in [3.05, 3.63) is 24.3 Å². The third-order valence-corrected chi connectivity index (χ3v) is 5.70. The van der Waals surface area contributed by atoms with E-state index in [1.807, 2.05) is 0 Å². The van der Waals surface area contributed by atoms with Crippen molar-refractivity contribution < 1.29 is 31.1 Å². The second-order valence-electron chi connectivity index (χ2n) is 6.31. The number of nitrogens with zero attached hydrogens (tertiary/aromatic N) is 1. The first-order valence-corrected chi connectivity index (χ1v) is 9.92. The first kappa shape index (κ1) is 21.5. The molecule has 1 aromatic rings. The van der Waals surface area contributed by atoms with Crippen LogP contribution in [0, 0.1) is 5.92 Å². The highest BCUT2D eigenvalue weighted by Crippen LogP contribution is 2.23. The standard InChI is InChI=1S/C16H22F3N3O4S/c17-16(18,19)26-13-4-6-14(7-5-13)27(24,25)21-8-2-10-22-9-1-3-12(11-22)15(20)23/h4-7,12,21H,1-3,8-11H2,(H2,20,23). The van der Waals surface area contributed by atoms with Gasteiger partial charge in [-0.25, -0.2) is 13.1 Å². The third-order valence-electron chi connectivity index (χ3n) is 4.22. The molecule has 0 saturated carbocycles. The van der Waals surface area contributed by atoms with E-state index in [4.69, 9.17) is 5.73 Å². The Morgan fingerprint density at radius 2 is 1.96 bits per heavy atom. The van der Waals surface area contributed by atoms with Gasteiger partial charge in [0.05, 0.1) is 10.8 Å². The number of primary amides is 1. The van der Waals surface area contributed by atoms with Gasteiger partial charge in [-0.15, -0.1) is 13.2 Å². The number of carbonyl (C=O) groups is 1. The van der Waals surface area contributed by atoms with E-state index < -0.39 is 22.1 Å². The molecule has 1 aromatic carbocycles. The van der Waals surface area contributed by atoms with Crippen molar-refractivity contribution in [2.75, 3.05) is 26.2 Å². The average molecular weight is 409 g/mol. The molecule has 1 amide bonds. The molecule has 0 aromatic heterocycles. The van der Waals surface area contributed by atoms with Gasteiger partial charge in [-0.3, -0.25) is 4.79 Å². The maximum atomic E-state index is 12.2. The number of nitrogens with two attached hydrogens (primary N) is 1. The van der Waals surface area contributed by atoms with Crippen LogP contribution in [0.2, 0.25) is 0 Å². The van der Waals surface area contributed by atoms with E-state index in [0.717, 1.165) is 43.7 Å². The Bertz CT molecular complexity index is 738. The lowest BCUT2D eigenvalue weighted by Gasteiger charge is -2.31. The number of hydrogen-bond acceptors (Lipinski definition) is 5. The van der Waals surface area contributed by atoms with Crippen LogP contribution in [0.3, 0.4) is 0 Å². The summed E-state index contributed by atoms with van der Waals surface area (Å²) >= 11 is 0. The summed E-state index contributed by atoms with van der Waals surface area (Å²) < 4.78 is 66.8. The van der Waals surface area contributed by atoms with Gasteiger partial charge in [0, 0.05) is 13.1 Å². The van der Waals surface area contributed by atoms with Gasteiger partial charge in [-0.05, 0) is 56.6 Å². The van der Waals surface area contributed by atoms with Crippen LogP contribution in [0.5, 0.6) is 5.75 Å². The highest BCUT2D eigenvalue weighted by atomic mass is 32.2. The van der Waals surface area contributed by atoms with Crippen molar-refractivity contribution in [3.63, 3.8) is 0 Å². The zero-order valence-corrected chi connectivity index (χ0v) is 15.4. The summed E-state index contributed by atoms with van der Waals surface area (Å²) in [4.78, 5) is 13.2. The Balaban J connectivity index is 1.80. The minimum absolute atomic E-state index is 0.149. The topological polar surface area (TPSA) is 102 Å². The highest BCUT2D eigenvalue weighted by molar-refractivity contribution is 7.89. The van der Waals surface area contributed by atoms with Crippen molar-refractivity contribution >= 4 is 15.9 Å². The molecule has 0 spiro atoms. The number of benzene rings is 1. The fourth-order valence-corrected chi connectivity index (χ4v) is 3.98. The van der Waals surface area contributed by atoms with Gasteiger partial charge in [-0.2, -0.15) is 0 Å². The van der Waals surface area contributed by atoms with Crippen molar-refractivity contribution in [1.82, 2.24) is 9.62 Å². The zero-order chi connectivity index (χ0) is 20.1. The van der Waals surface area contributed by atoms with Crippen LogP contribution in [0.4, 0.5) is 13.2 Å². The Morgan fingerprint density at radius 3 is 2.56 bits per heavy atom. The van der Waals surface area contributed by atoms with Crippen LogP contribution >= 0.6 is 0 Å². The van der Waals surface area contributed by atoms with Gasteiger partial charge in [0.2, 0.25) is 15.9 Å². The molecule has 1 aliphatic heterocycles. The molecule has 152 valence electrons. The summed E-state index contributed by atoms with van der Waals surface area (Å²) in [5, 5.41) is 0. The van der Waals surface area contributed by atoms with Gasteiger partial charge in [-0.1, -0.05) is 0 Å². The highest BCUT2D eigenvalue weighted by Gasteiger charge is 2.31. The number of rotatable bonds is 8. The summed E-state index contributed by atoms with van der Waals surface area (Å²) in [7, 11) is -3.83. The molecule has 1 unspecified atom stereocenters. The number of nitrogens with one attached hydrogen (secondary N) is 1. The Hall–Kier alpha value is -1.85. The number of hydrogen-bond donors (Lipinski definition) is 2. The number of ether oxygens (including phenoxy) is 1. The van der Waals surface area contributed by atoms with Gasteiger partial charge < -0.3 is 15.4 Å². The maximum Gasteiger partial charge on any atom is 0.573 e. The maximum absolute atomic E-state index is 12.2. The lowest BCUT2D eigenvalue weighted by molar-refractivity contribution is -0.274. The van der Waals surface area contributed by atoms with Crippen LogP contribution in [-0.2, 0) is 14.8 Å². The molecule has 1 atom stereocenters. The number of sulfonamides is 1. The number of likely N-dealkylation sites (tertiary alicyclic amines) is 1. The van der Waals surface area contributed by atoms with E-state index in [2.05, 4.69) is 14.4 Å². The number of amides is 1. The van der Waals surface area contributed by atoms with Gasteiger partial charge in [0.15, 0.2) is 0 Å². The van der Waals surface area contributed by atoms with E-state index in [1.165, 1.54) is 0 Å². The van der Waals surface area contributed by atoms with Crippen molar-refractivity contribution in [1.29, 1.82) is 0 Å². The van der Waals surface area contributed by atoms with Crippen LogP contribution in [0.25, 0.3) is 0 Å². The third kappa shape index (κ3) is 7.00. The molecule has 1 fully saturated rings. The predicted molar refractivity (Wildman–Crippen MR) is 91.3 cm³/mol. The molecule has 0 aliphatic carbocycles. The molecule has 1 saturated heterocycles. The quantitative estimate of drug-likeness (QED) is 0.633. The summed E-state index contributed by atoms with van der Waals surface area (Å²) in [6.07, 6.45) is -2.67. The van der Waals surface area contributed by atoms with Crippen LogP contribution in [-0.4, -0.2) is 51.8 Å². The molecule has 27 heavy (non-hydrogen) atoms. The average Bonchev–Trinajstić information content (AvgIpc) is 2.58. The Labute approximate surface area is 155 Å². The molecule has 1 aliphatic rings. The largest absolute Gasteiger partial charge is 0.573 e. The Kier molecular flexibility index (Phi) is 7.06. The normalized spacial score (nSPS) is 19.0. The number of carbonyl (C=O) groups excluding carboxylic acids is 1. The predicted octanol–water partition coefficient (Wildman–Crippen LogP) is 1.45. The first-order valence-electron chi connectivity index (χ1n) is 8.44. The minimum atomic E-state index is -4.83. The molecule has 0 radical (unpaired) electrons. The zero-order valence-electron chi connectivity index (χ0n) is 14.5. The smallest absolute Gasteiger partial charge is 0.406 e. The minimum Gasteiger partial charge on any atom is -0.406 e. The Morgan fingerprint density at radius 1 is 1.30 bits per heavy atom. The fraction of sp³-hybridized carbons (Fsp3) is 0.562. The molecule has 1 heterocycles. The molecular formula is C16H22F3N3O4S. The molecule has 11 heteroatoms. The molecule has 3 N–H and O–H groups in total. The van der Waals surface area contributed by atoms with Gasteiger partial charge in [0.1, 0.15) is 5.75 Å². The lowest BCUT2D eigenvalue weighted by Crippen LogP contribution is -2.42. The monoisotopic (exact) mass is 409 g/mol. The SMILES string of the molecule is NC(=O)C1CCCN(CCCNS(=O)(=O)c2ccc(OC(F)(F)F)cc2)C1. The van der Waals surface area contributed by atoms with Crippen molar-refractivity contribution in [2.24, 2.45) is 11.7 Å². The van der Waals surface area contributed by atoms with Crippen LogP contribution in [0.15, 0.2) is 29.2 Å². The second kappa shape index (κ2) is 8.89. The van der Waals surface area contributed by atoms with E-state index >= 15 is 0 Å². The van der Waals surface area contributed by atoms with Gasteiger partial charge >= 0.3 is 6.36 Å². The van der Waals surface area contributed by atoms with E-state index in [-0.39, 0.29) is 23.3 Å². The molecule has 7 nitrogen and oxygen atoms in total. The van der Waals surface area contributed by atoms with Gasteiger partial charge in [0.25, 0.3) is 0 Å². The second-order valence-corrected chi connectivity index (χ2v) is 8.08. The number of halogens is 3. The van der Waals surface area contributed by atoms with E-state index in [1.54, 1.807) is 0 Å². The van der Waals surface area contributed by atoms with Crippen LogP contribution in [0.1, 0.15) is 19.3 Å². The van der Waals surface area contributed by atoms with Crippen molar-refractivity contribution in [3.8, 4) is 5.75 Å². The molecular weight excluding hydrogens is 387 g/mol. The lowest BCUT2D eigenvalue weighted by atomic mass is 9.97.